The van der Waals surface area contributed by atoms with Crippen LogP contribution < -0.4 is 5.32 Å². The number of amides is 1. The van der Waals surface area contributed by atoms with Crippen molar-refractivity contribution in [3.63, 3.8) is 0 Å². The van der Waals surface area contributed by atoms with Crippen LogP contribution in [0.25, 0.3) is 0 Å². The maximum atomic E-state index is 11.7. The second-order valence-electron chi connectivity index (χ2n) is 5.37. The summed E-state index contributed by atoms with van der Waals surface area (Å²) in [5.74, 6) is 1.08. The molecule has 2 aliphatic carbocycles. The fourth-order valence-electron chi connectivity index (χ4n) is 2.56. The van der Waals surface area contributed by atoms with Gasteiger partial charge >= 0.3 is 0 Å². The van der Waals surface area contributed by atoms with Gasteiger partial charge in [-0.3, -0.25) is 4.79 Å². The van der Waals surface area contributed by atoms with Crippen LogP contribution in [0.15, 0.2) is 0 Å². The van der Waals surface area contributed by atoms with Crippen molar-refractivity contribution in [3.8, 4) is 0 Å². The lowest BCUT2D eigenvalue weighted by atomic mass is 9.89. The van der Waals surface area contributed by atoms with E-state index in [1.165, 1.54) is 44.9 Å². The molecule has 0 unspecified atom stereocenters. The molecule has 0 aromatic carbocycles. The highest BCUT2D eigenvalue weighted by Gasteiger charge is 2.29. The Morgan fingerprint density at radius 1 is 1.19 bits per heavy atom. The number of carbonyl (C=O) groups is 1. The van der Waals surface area contributed by atoms with Crippen LogP contribution in [0.1, 0.15) is 44.9 Å². The van der Waals surface area contributed by atoms with Crippen LogP contribution in [0.2, 0.25) is 0 Å². The summed E-state index contributed by atoms with van der Waals surface area (Å²) < 4.78 is 0. The molecule has 0 atom stereocenters. The normalized spacial score (nSPS) is 22.1. The van der Waals surface area contributed by atoms with Crippen LogP contribution in [0.3, 0.4) is 0 Å². The lowest BCUT2D eigenvalue weighted by Gasteiger charge is -2.22. The molecule has 0 heterocycles. The molecular formula is C13H24N2O. The van der Waals surface area contributed by atoms with Crippen molar-refractivity contribution in [2.24, 2.45) is 5.92 Å². The van der Waals surface area contributed by atoms with E-state index >= 15 is 0 Å². The summed E-state index contributed by atoms with van der Waals surface area (Å²) in [6.45, 7) is 1.56. The third-order valence-corrected chi connectivity index (χ3v) is 3.92. The summed E-state index contributed by atoms with van der Waals surface area (Å²) in [7, 11) is 1.93. The summed E-state index contributed by atoms with van der Waals surface area (Å²) in [4.78, 5) is 13.6. The monoisotopic (exact) mass is 224 g/mol. The van der Waals surface area contributed by atoms with Crippen molar-refractivity contribution >= 4 is 5.91 Å². The highest BCUT2D eigenvalue weighted by Crippen LogP contribution is 2.25. The first-order valence-electron chi connectivity index (χ1n) is 6.74. The zero-order valence-electron chi connectivity index (χ0n) is 10.4. The quantitative estimate of drug-likeness (QED) is 0.772. The van der Waals surface area contributed by atoms with Gasteiger partial charge in [-0.25, -0.2) is 0 Å². The van der Waals surface area contributed by atoms with Gasteiger partial charge in [0.15, 0.2) is 0 Å². The molecule has 2 fully saturated rings. The van der Waals surface area contributed by atoms with E-state index in [9.17, 15) is 4.79 Å². The minimum Gasteiger partial charge on any atom is -0.342 e. The highest BCUT2D eigenvalue weighted by atomic mass is 16.2. The summed E-state index contributed by atoms with van der Waals surface area (Å²) in [5, 5.41) is 3.33. The SMILES string of the molecule is CN(C(=O)CNCC1CCCCC1)C1CC1. The van der Waals surface area contributed by atoms with Gasteiger partial charge in [0.2, 0.25) is 5.91 Å². The zero-order valence-corrected chi connectivity index (χ0v) is 10.4. The Hall–Kier alpha value is -0.570. The van der Waals surface area contributed by atoms with Gasteiger partial charge in [-0.1, -0.05) is 19.3 Å². The number of likely N-dealkylation sites (N-methyl/N-ethyl adjacent to an activating group) is 1. The van der Waals surface area contributed by atoms with Gasteiger partial charge in [-0.2, -0.15) is 0 Å². The van der Waals surface area contributed by atoms with Crippen LogP contribution >= 0.6 is 0 Å². The molecule has 16 heavy (non-hydrogen) atoms. The van der Waals surface area contributed by atoms with E-state index in [4.69, 9.17) is 0 Å². The molecule has 1 N–H and O–H groups in total. The summed E-state index contributed by atoms with van der Waals surface area (Å²) >= 11 is 0. The third-order valence-electron chi connectivity index (χ3n) is 3.92. The van der Waals surface area contributed by atoms with E-state index in [1.54, 1.807) is 0 Å². The molecular weight excluding hydrogens is 200 g/mol. The van der Waals surface area contributed by atoms with Crippen LogP contribution in [0.4, 0.5) is 0 Å². The van der Waals surface area contributed by atoms with Gasteiger partial charge in [-0.15, -0.1) is 0 Å². The summed E-state index contributed by atoms with van der Waals surface area (Å²) in [5.41, 5.74) is 0. The Balaban J connectivity index is 1.57. The first-order valence-corrected chi connectivity index (χ1v) is 6.74. The maximum Gasteiger partial charge on any atom is 0.236 e. The van der Waals surface area contributed by atoms with Crippen molar-refractivity contribution in [1.29, 1.82) is 0 Å². The number of nitrogens with one attached hydrogen (secondary N) is 1. The molecule has 0 aromatic heterocycles. The molecule has 0 aromatic rings. The Bertz CT molecular complexity index is 232. The summed E-state index contributed by atoms with van der Waals surface area (Å²) in [6, 6.07) is 0.545. The predicted molar refractivity (Wildman–Crippen MR) is 65.2 cm³/mol. The molecule has 0 radical (unpaired) electrons. The van der Waals surface area contributed by atoms with Gasteiger partial charge < -0.3 is 10.2 Å². The lowest BCUT2D eigenvalue weighted by molar-refractivity contribution is -0.129. The fourth-order valence-corrected chi connectivity index (χ4v) is 2.56. The van der Waals surface area contributed by atoms with E-state index in [1.807, 2.05) is 11.9 Å². The second-order valence-corrected chi connectivity index (χ2v) is 5.37. The number of rotatable bonds is 5. The molecule has 2 saturated carbocycles. The smallest absolute Gasteiger partial charge is 0.236 e. The van der Waals surface area contributed by atoms with Gasteiger partial charge in [0, 0.05) is 13.1 Å². The minimum atomic E-state index is 0.262. The highest BCUT2D eigenvalue weighted by molar-refractivity contribution is 5.78. The standard InChI is InChI=1S/C13H24N2O/c1-15(12-7-8-12)13(16)10-14-9-11-5-3-2-4-6-11/h11-12,14H,2-10H2,1H3. The topological polar surface area (TPSA) is 32.3 Å². The molecule has 3 heteroatoms. The molecule has 0 bridgehead atoms. The van der Waals surface area contributed by atoms with Crippen molar-refractivity contribution in [3.05, 3.63) is 0 Å². The van der Waals surface area contributed by atoms with Crippen molar-refractivity contribution in [1.82, 2.24) is 10.2 Å². The fraction of sp³-hybridized carbons (Fsp3) is 0.923. The van der Waals surface area contributed by atoms with Crippen molar-refractivity contribution in [2.75, 3.05) is 20.1 Å². The molecule has 2 aliphatic rings. The van der Waals surface area contributed by atoms with Gasteiger partial charge in [0.05, 0.1) is 6.54 Å². The molecule has 1 amide bonds. The van der Waals surface area contributed by atoms with Gasteiger partial charge in [0.1, 0.15) is 0 Å². The van der Waals surface area contributed by atoms with E-state index < -0.39 is 0 Å². The molecule has 92 valence electrons. The minimum absolute atomic E-state index is 0.262. The number of hydrogen-bond acceptors (Lipinski definition) is 2. The van der Waals surface area contributed by atoms with Crippen molar-refractivity contribution in [2.45, 2.75) is 51.0 Å². The number of hydrogen-bond donors (Lipinski definition) is 1. The maximum absolute atomic E-state index is 11.7. The van der Waals surface area contributed by atoms with E-state index in [0.29, 0.717) is 12.6 Å². The Morgan fingerprint density at radius 3 is 2.50 bits per heavy atom. The average molecular weight is 224 g/mol. The van der Waals surface area contributed by atoms with E-state index in [-0.39, 0.29) is 5.91 Å². The lowest BCUT2D eigenvalue weighted by Crippen LogP contribution is -2.38. The number of nitrogens with zero attached hydrogens (tertiary/aromatic N) is 1. The van der Waals surface area contributed by atoms with Crippen molar-refractivity contribution < 1.29 is 4.79 Å². The number of carbonyl (C=O) groups excluding carboxylic acids is 1. The van der Waals surface area contributed by atoms with E-state index in [0.717, 1.165) is 12.5 Å². The van der Waals surface area contributed by atoms with Crippen LogP contribution in [-0.4, -0.2) is 37.0 Å². The molecule has 0 saturated heterocycles. The zero-order chi connectivity index (χ0) is 11.4. The average Bonchev–Trinajstić information content (AvgIpc) is 3.13. The van der Waals surface area contributed by atoms with Crippen LogP contribution in [0.5, 0.6) is 0 Å². The Morgan fingerprint density at radius 2 is 1.88 bits per heavy atom. The van der Waals surface area contributed by atoms with Crippen LogP contribution in [0, 0.1) is 5.92 Å². The second kappa shape index (κ2) is 5.67. The third kappa shape index (κ3) is 3.48. The summed E-state index contributed by atoms with van der Waals surface area (Å²) in [6.07, 6.45) is 9.25. The predicted octanol–water partition coefficient (Wildman–Crippen LogP) is 1.78. The largest absolute Gasteiger partial charge is 0.342 e. The molecule has 0 aliphatic heterocycles. The van der Waals surface area contributed by atoms with E-state index in [2.05, 4.69) is 5.32 Å². The van der Waals surface area contributed by atoms with Gasteiger partial charge in [-0.05, 0) is 38.1 Å². The Kier molecular flexibility index (Phi) is 4.22. The Labute approximate surface area is 98.6 Å². The molecule has 0 spiro atoms. The molecule has 2 rings (SSSR count). The molecule has 3 nitrogen and oxygen atoms in total. The van der Waals surface area contributed by atoms with Gasteiger partial charge in [0.25, 0.3) is 0 Å². The first kappa shape index (κ1) is 11.9. The first-order chi connectivity index (χ1) is 7.77. The van der Waals surface area contributed by atoms with Crippen LogP contribution in [-0.2, 0) is 4.79 Å².